The Balaban J connectivity index is 1.21. The average molecular weight is 845 g/mol. The number of hydrogen-bond acceptors (Lipinski definition) is 12. The summed E-state index contributed by atoms with van der Waals surface area (Å²) in [7, 11) is -5.77. The van der Waals surface area contributed by atoms with E-state index in [0.29, 0.717) is 30.0 Å². The summed E-state index contributed by atoms with van der Waals surface area (Å²) >= 11 is 5.99. The summed E-state index contributed by atoms with van der Waals surface area (Å²) in [6.07, 6.45) is -3.40. The number of sulfone groups is 1. The molecule has 3 amide bonds. The fraction of sp³-hybridized carbons (Fsp3) is 0.242. The van der Waals surface area contributed by atoms with Gasteiger partial charge in [0.05, 0.1) is 10.4 Å². The van der Waals surface area contributed by atoms with E-state index in [1.807, 2.05) is 10.6 Å². The molecule has 57 heavy (non-hydrogen) atoms. The van der Waals surface area contributed by atoms with Crippen LogP contribution in [-0.4, -0.2) is 83.0 Å². The van der Waals surface area contributed by atoms with Gasteiger partial charge in [-0.1, -0.05) is 29.8 Å². The van der Waals surface area contributed by atoms with Crippen LogP contribution in [0.15, 0.2) is 77.7 Å². The van der Waals surface area contributed by atoms with E-state index in [1.54, 1.807) is 24.3 Å². The zero-order valence-corrected chi connectivity index (χ0v) is 30.1. The fourth-order valence-electron chi connectivity index (χ4n) is 4.89. The minimum atomic E-state index is -5.77. The number of carboxylic acid groups (broad SMARTS) is 1. The van der Waals surface area contributed by atoms with Gasteiger partial charge in [-0.25, -0.2) is 13.2 Å². The van der Waals surface area contributed by atoms with Crippen LogP contribution in [0.1, 0.15) is 28.8 Å². The normalized spacial score (nSPS) is 14.1. The van der Waals surface area contributed by atoms with Crippen LogP contribution in [0.4, 0.5) is 49.6 Å². The topological polar surface area (TPSA) is 231 Å². The monoisotopic (exact) mass is 844 g/mol. The quantitative estimate of drug-likeness (QED) is 0.0758. The smallest absolute Gasteiger partial charge is 0.480 e. The van der Waals surface area contributed by atoms with Gasteiger partial charge in [-0.15, -0.1) is 0 Å². The number of halogens is 7. The van der Waals surface area contributed by atoms with Crippen molar-refractivity contribution in [1.29, 1.82) is 0 Å². The molecule has 6 N–H and O–H groups in total. The van der Waals surface area contributed by atoms with Gasteiger partial charge in [-0.05, 0) is 73.0 Å². The molecule has 0 unspecified atom stereocenters. The Morgan fingerprint density at radius 1 is 0.860 bits per heavy atom. The average Bonchev–Trinajstić information content (AvgIpc) is 3.92. The van der Waals surface area contributed by atoms with Gasteiger partial charge < -0.3 is 36.4 Å². The van der Waals surface area contributed by atoms with Crippen LogP contribution in [0.25, 0.3) is 0 Å². The summed E-state index contributed by atoms with van der Waals surface area (Å²) < 4.78 is 105. The lowest BCUT2D eigenvalue weighted by Gasteiger charge is -2.19. The summed E-state index contributed by atoms with van der Waals surface area (Å²) in [5, 5.41) is 21.9. The van der Waals surface area contributed by atoms with E-state index in [2.05, 4.69) is 30.9 Å². The van der Waals surface area contributed by atoms with Crippen molar-refractivity contribution in [3.8, 4) is 6.01 Å². The molecule has 1 saturated carbocycles. The van der Waals surface area contributed by atoms with Crippen molar-refractivity contribution in [3.63, 3.8) is 0 Å². The van der Waals surface area contributed by atoms with E-state index >= 15 is 0 Å². The molecule has 0 aliphatic heterocycles. The third-order valence-electron chi connectivity index (χ3n) is 7.86. The largest absolute Gasteiger partial charge is 0.501 e. The van der Waals surface area contributed by atoms with Crippen molar-refractivity contribution < 1.29 is 63.8 Å². The van der Waals surface area contributed by atoms with Gasteiger partial charge in [0.1, 0.15) is 6.04 Å². The number of hydrogen-bond donors (Lipinski definition) is 6. The molecule has 1 fully saturated rings. The molecular formula is C33H27ClF6N8O8S. The lowest BCUT2D eigenvalue weighted by molar-refractivity contribution is -0.154. The maximum Gasteiger partial charge on any atom is 0.501 e. The van der Waals surface area contributed by atoms with Crippen molar-refractivity contribution in [2.24, 2.45) is 0 Å². The predicted molar refractivity (Wildman–Crippen MR) is 187 cm³/mol. The molecule has 1 heterocycles. The summed E-state index contributed by atoms with van der Waals surface area (Å²) in [4.78, 5) is 60.2. The minimum Gasteiger partial charge on any atom is -0.480 e. The molecule has 0 radical (unpaired) electrons. The molecule has 1 atom stereocenters. The first-order valence-corrected chi connectivity index (χ1v) is 17.9. The number of alkyl halides is 6. The molecule has 4 aromatic rings. The highest BCUT2D eigenvalue weighted by Crippen LogP contribution is 2.48. The van der Waals surface area contributed by atoms with Gasteiger partial charge in [0.25, 0.3) is 15.7 Å². The number of carbonyl (C=O) groups excluding carboxylic acids is 3. The van der Waals surface area contributed by atoms with Crippen LogP contribution in [0.3, 0.4) is 0 Å². The first-order chi connectivity index (χ1) is 26.6. The molecule has 3 aromatic carbocycles. The summed E-state index contributed by atoms with van der Waals surface area (Å²) in [5.41, 5.74) is -5.80. The second-order valence-corrected chi connectivity index (χ2v) is 14.5. The highest BCUT2D eigenvalue weighted by atomic mass is 35.5. The molecule has 16 nitrogen and oxygen atoms in total. The Bertz CT molecular complexity index is 2280. The standard InChI is InChI=1S/C33H27ClF6N8O8S/c34-19-8-6-18(7-9-19)31(12-13-31)48-29-45-28(46-30(47-29)56-16-32(35,36)37)43-20-10-4-17(5-11-20)24(49)44-23(27(52)53)15-41-25(50)26(51)42-21-2-1-3-22(14-21)57(54,55)33(38,39)40/h1-11,14,23H,12-13,15-16H2,(H,41,50)(H,42,51)(H,44,49)(H,52,53)(H2,43,45,46,47,48)/t23-/m0/s1. The van der Waals surface area contributed by atoms with Crippen LogP contribution < -0.4 is 31.3 Å². The maximum atomic E-state index is 12.9. The molecule has 0 bridgehead atoms. The number of carbonyl (C=O) groups is 4. The van der Waals surface area contributed by atoms with E-state index in [0.717, 1.165) is 17.7 Å². The fourth-order valence-corrected chi connectivity index (χ4v) is 5.82. The second-order valence-electron chi connectivity index (χ2n) is 12.1. The van der Waals surface area contributed by atoms with Crippen LogP contribution in [-0.2, 0) is 29.8 Å². The molecule has 24 heteroatoms. The second kappa shape index (κ2) is 16.5. The molecule has 0 saturated heterocycles. The van der Waals surface area contributed by atoms with Crippen molar-refractivity contribution >= 4 is 68.4 Å². The zero-order valence-electron chi connectivity index (χ0n) is 28.5. The molecule has 302 valence electrons. The number of ether oxygens (including phenoxy) is 1. The van der Waals surface area contributed by atoms with E-state index in [4.69, 9.17) is 16.3 Å². The highest BCUT2D eigenvalue weighted by Gasteiger charge is 2.47. The first kappa shape index (κ1) is 41.9. The van der Waals surface area contributed by atoms with Crippen LogP contribution in [0.2, 0.25) is 5.02 Å². The molecule has 1 aliphatic rings. The Kier molecular flexibility index (Phi) is 12.1. The van der Waals surface area contributed by atoms with Gasteiger partial charge in [0.2, 0.25) is 11.9 Å². The molecule has 0 spiro atoms. The molecule has 5 rings (SSSR count). The van der Waals surface area contributed by atoms with Gasteiger partial charge in [-0.2, -0.15) is 41.3 Å². The number of aliphatic carboxylic acids is 1. The molecular weight excluding hydrogens is 818 g/mol. The number of nitrogens with zero attached hydrogens (tertiary/aromatic N) is 3. The minimum absolute atomic E-state index is 0.101. The number of carboxylic acids is 1. The highest BCUT2D eigenvalue weighted by molar-refractivity contribution is 7.92. The summed E-state index contributed by atoms with van der Waals surface area (Å²) in [5.74, 6) is -5.91. The number of nitrogens with one attached hydrogen (secondary N) is 5. The van der Waals surface area contributed by atoms with E-state index < -0.39 is 86.5 Å². The van der Waals surface area contributed by atoms with Crippen molar-refractivity contribution in [1.82, 2.24) is 25.6 Å². The van der Waals surface area contributed by atoms with Gasteiger partial charge >= 0.3 is 35.5 Å². The zero-order chi connectivity index (χ0) is 41.8. The Morgan fingerprint density at radius 3 is 2.11 bits per heavy atom. The first-order valence-electron chi connectivity index (χ1n) is 16.1. The predicted octanol–water partition coefficient (Wildman–Crippen LogP) is 4.54. The van der Waals surface area contributed by atoms with Crippen LogP contribution >= 0.6 is 11.6 Å². The number of benzene rings is 3. The van der Waals surface area contributed by atoms with Gasteiger partial charge in [0.15, 0.2) is 6.61 Å². The van der Waals surface area contributed by atoms with Crippen LogP contribution in [0.5, 0.6) is 6.01 Å². The van der Waals surface area contributed by atoms with Gasteiger partial charge in [-0.3, -0.25) is 14.4 Å². The van der Waals surface area contributed by atoms with E-state index in [1.165, 1.54) is 24.3 Å². The Morgan fingerprint density at radius 2 is 1.51 bits per heavy atom. The summed E-state index contributed by atoms with van der Waals surface area (Å²) in [6, 6.07) is 12.6. The SMILES string of the molecule is O=C(NC[C@H](NC(=O)c1ccc(Nc2nc(NC3(c4ccc(Cl)cc4)CC3)nc(OCC(F)(F)F)n2)cc1)C(=O)O)C(=O)Nc1cccc(S(=O)(=O)C(F)(F)F)c1. The Hall–Kier alpha value is -6.23. The number of anilines is 4. The third kappa shape index (κ3) is 11.0. The van der Waals surface area contributed by atoms with Crippen molar-refractivity contribution in [2.45, 2.75) is 41.0 Å². The Labute approximate surface area is 322 Å². The van der Waals surface area contributed by atoms with Gasteiger partial charge in [0, 0.05) is 28.5 Å². The lowest BCUT2D eigenvalue weighted by Crippen LogP contribution is -2.50. The van der Waals surface area contributed by atoms with Crippen molar-refractivity contribution in [3.05, 3.63) is 88.9 Å². The number of aromatic nitrogens is 3. The van der Waals surface area contributed by atoms with E-state index in [-0.39, 0.29) is 23.1 Å². The molecule has 1 aliphatic carbocycles. The van der Waals surface area contributed by atoms with Crippen LogP contribution in [0, 0.1) is 0 Å². The van der Waals surface area contributed by atoms with E-state index in [9.17, 15) is 59.0 Å². The van der Waals surface area contributed by atoms with Crippen molar-refractivity contribution in [2.75, 3.05) is 29.1 Å². The maximum absolute atomic E-state index is 12.9. The third-order valence-corrected chi connectivity index (χ3v) is 9.60. The molecule has 1 aromatic heterocycles. The number of rotatable bonds is 14. The summed E-state index contributed by atoms with van der Waals surface area (Å²) in [6.45, 7) is -2.53. The lowest BCUT2D eigenvalue weighted by atomic mass is 10.1. The number of amides is 3.